The molecule has 1 rings (SSSR count). The van der Waals surface area contributed by atoms with Gasteiger partial charge in [0.1, 0.15) is 11.5 Å². The lowest BCUT2D eigenvalue weighted by Gasteiger charge is -2.07. The van der Waals surface area contributed by atoms with E-state index in [0.717, 1.165) is 25.7 Å². The Kier molecular flexibility index (Phi) is 7.50. The molecule has 1 aliphatic rings. The number of hydrogen-bond acceptors (Lipinski definition) is 6. The second kappa shape index (κ2) is 8.75. The lowest BCUT2D eigenvalue weighted by molar-refractivity contribution is -0.141. The summed E-state index contributed by atoms with van der Waals surface area (Å²) >= 11 is 0. The fourth-order valence-corrected chi connectivity index (χ4v) is 2.80. The normalized spacial score (nSPS) is 21.8. The van der Waals surface area contributed by atoms with Crippen molar-refractivity contribution >= 4 is 33.5 Å². The minimum absolute atomic E-state index is 0.206. The summed E-state index contributed by atoms with van der Waals surface area (Å²) in [7, 11) is 2.67. The van der Waals surface area contributed by atoms with Crippen LogP contribution in [-0.4, -0.2) is 36.7 Å². The SMILES string of the molecule is O=C1CSSCC(=O)OCCCCCCO1. The van der Waals surface area contributed by atoms with Crippen molar-refractivity contribution in [3.8, 4) is 0 Å². The number of carbonyl (C=O) groups is 2. The molecule has 0 aliphatic carbocycles. The number of cyclic esters (lactones) is 2. The minimum Gasteiger partial charge on any atom is -0.465 e. The highest BCUT2D eigenvalue weighted by Crippen LogP contribution is 2.21. The van der Waals surface area contributed by atoms with E-state index in [1.54, 1.807) is 0 Å². The number of hydrogen-bond donors (Lipinski definition) is 0. The molecule has 6 heteroatoms. The van der Waals surface area contributed by atoms with Gasteiger partial charge in [0.2, 0.25) is 0 Å². The third kappa shape index (κ3) is 7.00. The zero-order valence-corrected chi connectivity index (χ0v) is 10.7. The molecule has 0 unspecified atom stereocenters. The molecule has 0 bridgehead atoms. The summed E-state index contributed by atoms with van der Waals surface area (Å²) in [5.74, 6) is 0.168. The minimum atomic E-state index is -0.206. The van der Waals surface area contributed by atoms with Gasteiger partial charge in [0.15, 0.2) is 0 Å². The summed E-state index contributed by atoms with van der Waals surface area (Å²) in [4.78, 5) is 22.3. The van der Waals surface area contributed by atoms with Gasteiger partial charge in [0, 0.05) is 0 Å². The van der Waals surface area contributed by atoms with Gasteiger partial charge in [-0.25, -0.2) is 0 Å². The molecule has 16 heavy (non-hydrogen) atoms. The van der Waals surface area contributed by atoms with Gasteiger partial charge in [-0.3, -0.25) is 9.59 Å². The number of rotatable bonds is 0. The summed E-state index contributed by atoms with van der Waals surface area (Å²) in [5.41, 5.74) is 0. The van der Waals surface area contributed by atoms with Crippen LogP contribution in [0.25, 0.3) is 0 Å². The molecule has 92 valence electrons. The molecular weight excluding hydrogens is 248 g/mol. The van der Waals surface area contributed by atoms with Gasteiger partial charge in [-0.1, -0.05) is 21.6 Å². The van der Waals surface area contributed by atoms with Gasteiger partial charge >= 0.3 is 11.9 Å². The monoisotopic (exact) mass is 264 g/mol. The van der Waals surface area contributed by atoms with E-state index < -0.39 is 0 Å². The first-order chi connectivity index (χ1) is 7.79. The molecule has 0 amide bonds. The Morgan fingerprint density at radius 3 is 1.62 bits per heavy atom. The average Bonchev–Trinajstić information content (AvgIpc) is 2.27. The molecule has 1 heterocycles. The molecule has 0 radical (unpaired) electrons. The zero-order chi connectivity index (χ0) is 11.6. The van der Waals surface area contributed by atoms with Crippen LogP contribution >= 0.6 is 21.6 Å². The van der Waals surface area contributed by atoms with Crippen LogP contribution in [0, 0.1) is 0 Å². The summed E-state index contributed by atoms with van der Waals surface area (Å²) in [6.07, 6.45) is 3.79. The third-order valence-corrected chi connectivity index (χ3v) is 4.08. The van der Waals surface area contributed by atoms with E-state index in [4.69, 9.17) is 9.47 Å². The van der Waals surface area contributed by atoms with Crippen LogP contribution in [0.1, 0.15) is 25.7 Å². The van der Waals surface area contributed by atoms with Crippen LogP contribution in [0.5, 0.6) is 0 Å². The van der Waals surface area contributed by atoms with E-state index in [-0.39, 0.29) is 23.4 Å². The molecule has 1 fully saturated rings. The quantitative estimate of drug-likeness (QED) is 0.493. The highest BCUT2D eigenvalue weighted by Gasteiger charge is 2.07. The van der Waals surface area contributed by atoms with Crippen LogP contribution in [0.2, 0.25) is 0 Å². The molecule has 0 aromatic carbocycles. The van der Waals surface area contributed by atoms with Crippen molar-refractivity contribution in [1.29, 1.82) is 0 Å². The summed E-state index contributed by atoms with van der Waals surface area (Å²) in [5, 5.41) is 0. The summed E-state index contributed by atoms with van der Waals surface area (Å²) < 4.78 is 10.0. The fraction of sp³-hybridized carbons (Fsp3) is 0.800. The second-order valence-corrected chi connectivity index (χ2v) is 5.84. The van der Waals surface area contributed by atoms with E-state index in [1.165, 1.54) is 21.6 Å². The first-order valence-electron chi connectivity index (χ1n) is 5.34. The molecule has 0 N–H and O–H groups in total. The van der Waals surface area contributed by atoms with Crippen molar-refractivity contribution in [2.45, 2.75) is 25.7 Å². The van der Waals surface area contributed by atoms with Gasteiger partial charge in [-0.2, -0.15) is 0 Å². The van der Waals surface area contributed by atoms with Crippen LogP contribution in [0.15, 0.2) is 0 Å². The molecule has 0 aromatic heterocycles. The van der Waals surface area contributed by atoms with E-state index in [9.17, 15) is 9.59 Å². The predicted molar refractivity (Wildman–Crippen MR) is 65.3 cm³/mol. The Balaban J connectivity index is 2.24. The summed E-state index contributed by atoms with van der Waals surface area (Å²) in [6.45, 7) is 1.01. The Bertz CT molecular complexity index is 209. The Morgan fingerprint density at radius 2 is 1.19 bits per heavy atom. The van der Waals surface area contributed by atoms with Crippen molar-refractivity contribution in [2.24, 2.45) is 0 Å². The summed E-state index contributed by atoms with van der Waals surface area (Å²) in [6, 6.07) is 0. The van der Waals surface area contributed by atoms with Crippen molar-refractivity contribution in [1.82, 2.24) is 0 Å². The maximum absolute atomic E-state index is 11.2. The average molecular weight is 264 g/mol. The largest absolute Gasteiger partial charge is 0.465 e. The molecule has 0 saturated carbocycles. The molecule has 1 saturated heterocycles. The van der Waals surface area contributed by atoms with Crippen LogP contribution in [0.4, 0.5) is 0 Å². The molecule has 0 aromatic rings. The van der Waals surface area contributed by atoms with Gasteiger partial charge in [-0.05, 0) is 25.7 Å². The van der Waals surface area contributed by atoms with E-state index in [0.29, 0.717) is 13.2 Å². The first kappa shape index (κ1) is 13.7. The fourth-order valence-electron chi connectivity index (χ4n) is 1.19. The molecule has 1 aliphatic heterocycles. The van der Waals surface area contributed by atoms with Crippen molar-refractivity contribution in [3.05, 3.63) is 0 Å². The molecular formula is C10H16O4S2. The van der Waals surface area contributed by atoms with Gasteiger partial charge in [0.05, 0.1) is 13.2 Å². The number of esters is 2. The zero-order valence-electron chi connectivity index (χ0n) is 9.11. The van der Waals surface area contributed by atoms with Gasteiger partial charge in [-0.15, -0.1) is 0 Å². The molecule has 0 atom stereocenters. The van der Waals surface area contributed by atoms with E-state index in [2.05, 4.69) is 0 Å². The van der Waals surface area contributed by atoms with Crippen molar-refractivity contribution < 1.29 is 19.1 Å². The highest BCUT2D eigenvalue weighted by molar-refractivity contribution is 8.77. The van der Waals surface area contributed by atoms with E-state index >= 15 is 0 Å². The highest BCUT2D eigenvalue weighted by atomic mass is 33.1. The maximum atomic E-state index is 11.2. The van der Waals surface area contributed by atoms with Crippen molar-refractivity contribution in [3.63, 3.8) is 0 Å². The van der Waals surface area contributed by atoms with E-state index in [1.807, 2.05) is 0 Å². The molecule has 0 spiro atoms. The van der Waals surface area contributed by atoms with Crippen LogP contribution < -0.4 is 0 Å². The predicted octanol–water partition coefficient (Wildman–Crippen LogP) is 2.03. The Hall–Kier alpha value is -0.360. The third-order valence-electron chi connectivity index (χ3n) is 2.00. The molecule has 4 nitrogen and oxygen atoms in total. The lowest BCUT2D eigenvalue weighted by atomic mass is 10.2. The van der Waals surface area contributed by atoms with Crippen molar-refractivity contribution in [2.75, 3.05) is 24.7 Å². The Morgan fingerprint density at radius 1 is 0.750 bits per heavy atom. The first-order valence-corrected chi connectivity index (χ1v) is 7.83. The van der Waals surface area contributed by atoms with Gasteiger partial charge in [0.25, 0.3) is 0 Å². The lowest BCUT2D eigenvalue weighted by Crippen LogP contribution is -2.11. The van der Waals surface area contributed by atoms with Crippen LogP contribution in [-0.2, 0) is 19.1 Å². The maximum Gasteiger partial charge on any atom is 0.316 e. The second-order valence-electron chi connectivity index (χ2n) is 3.38. The van der Waals surface area contributed by atoms with Gasteiger partial charge < -0.3 is 9.47 Å². The number of carbonyl (C=O) groups excluding carboxylic acids is 2. The topological polar surface area (TPSA) is 52.6 Å². The Labute approximate surface area is 103 Å². The smallest absolute Gasteiger partial charge is 0.316 e. The number of ether oxygens (including phenoxy) is 2. The van der Waals surface area contributed by atoms with Crippen LogP contribution in [0.3, 0.4) is 0 Å². The standard InChI is InChI=1S/C10H16O4S2/c11-9-7-15-16-8-10(12)14-6-4-2-1-3-5-13-9/h1-8H2.